The lowest BCUT2D eigenvalue weighted by Gasteiger charge is -2.59. The van der Waals surface area contributed by atoms with E-state index in [-0.39, 0.29) is 16.2 Å². The van der Waals surface area contributed by atoms with Crippen LogP contribution in [0.3, 0.4) is 0 Å². The van der Waals surface area contributed by atoms with E-state index in [1.54, 1.807) is 151 Å². The van der Waals surface area contributed by atoms with Crippen LogP contribution in [-0.4, -0.2) is 63.3 Å². The largest absolute Gasteiger partial charge is 0.327 e. The molecule has 308 valence electrons. The van der Waals surface area contributed by atoms with Crippen LogP contribution in [0.1, 0.15) is 115 Å². The summed E-state index contributed by atoms with van der Waals surface area (Å²) in [6.07, 6.45) is 7.80. The number of likely N-dealkylation sites (tertiary alicyclic amines) is 2. The molecule has 0 N–H and O–H groups in total. The molecule has 0 radical (unpaired) electrons. The van der Waals surface area contributed by atoms with Crippen molar-refractivity contribution in [3.8, 4) is 0 Å². The van der Waals surface area contributed by atoms with E-state index < -0.39 is 0 Å². The molecule has 68 heavy (non-hydrogen) atoms. The Bertz CT molecular complexity index is 5720. The lowest BCUT2D eigenvalue weighted by molar-refractivity contribution is -0.943. The van der Waals surface area contributed by atoms with Crippen LogP contribution in [0.15, 0.2) is 6.07 Å². The number of benzene rings is 10. The number of quaternary nitrogens is 2. The highest BCUT2D eigenvalue weighted by molar-refractivity contribution is 6.65. The Balaban J connectivity index is 1.15. The molecule has 12 aliphatic carbocycles. The molecule has 2 heterocycles. The van der Waals surface area contributed by atoms with Gasteiger partial charge < -0.3 is 8.97 Å². The third kappa shape index (κ3) is 1.75. The fraction of sp³-hybridized carbons (Fsp3) is 0.303. The normalized spacial score (nSPS) is 34.2. The number of likely N-dealkylation sites (N-methyl/N-ethyl adjacent to an activating group) is 2. The van der Waals surface area contributed by atoms with Crippen molar-refractivity contribution in [1.29, 1.82) is 0 Å². The molecule has 3 spiro atoms. The van der Waals surface area contributed by atoms with Crippen molar-refractivity contribution in [2.45, 2.75) is 60.2 Å². The average molecular weight is 857 g/mol. The average Bonchev–Trinajstić information content (AvgIpc) is 4.21. The minimum atomic E-state index is -0.0206. The standard InChI is InChI=1S/C66H36N2/c1-15-22-19-9-18-16-7-6-8-17-24-21-10-20-23(16)31-25(18)49-29(19)60-52-30(22)42-48-41-45-38-35(28(17)59-51(45)50(42)58(15)64(59)11-67(2,3)12-64)32(24)36-33-27(21)26(20)34-43(31)53-54-44(34)37(33)46-39(36)40(38)47(41)56-55(46)62(54)66(63(56)57(48)52)14-68(4,5)13-65(60,66)61(49)53/h7-9,15,22,30,53,58,61H,6,10-14H2,1-5H3/q+2. The van der Waals surface area contributed by atoms with Gasteiger partial charge in [0, 0.05) is 23.7 Å². The van der Waals surface area contributed by atoms with Gasteiger partial charge in [-0.3, -0.25) is 0 Å². The third-order valence-corrected chi connectivity index (χ3v) is 26.4. The number of hydrogen-bond acceptors (Lipinski definition) is 0. The van der Waals surface area contributed by atoms with Crippen molar-refractivity contribution >= 4 is 163 Å². The summed E-state index contributed by atoms with van der Waals surface area (Å²) in [5, 5.41) is 48.7. The second-order valence-electron chi connectivity index (χ2n) is 28.6. The first-order valence-electron chi connectivity index (χ1n) is 26.9. The van der Waals surface area contributed by atoms with E-state index in [4.69, 9.17) is 0 Å². The second kappa shape index (κ2) is 6.76. The molecule has 0 aromatic heterocycles. The zero-order valence-corrected chi connectivity index (χ0v) is 38.3. The Morgan fingerprint density at radius 2 is 1.10 bits per heavy atom. The van der Waals surface area contributed by atoms with Crippen molar-refractivity contribution in [2.24, 2.45) is 11.3 Å². The van der Waals surface area contributed by atoms with E-state index in [9.17, 15) is 0 Å². The number of fused-ring (bicyclic) bond motifs is 6. The molecule has 8 atom stereocenters. The molecule has 2 bridgehead atoms. The third-order valence-electron chi connectivity index (χ3n) is 26.4. The van der Waals surface area contributed by atoms with Gasteiger partial charge in [-0.15, -0.1) is 0 Å². The molecular weight excluding hydrogens is 821 g/mol. The highest BCUT2D eigenvalue weighted by Crippen LogP contribution is 2.90. The van der Waals surface area contributed by atoms with Gasteiger partial charge in [-0.2, -0.15) is 0 Å². The summed E-state index contributed by atoms with van der Waals surface area (Å²) in [6.45, 7) is 7.91. The second-order valence-corrected chi connectivity index (χ2v) is 28.6. The van der Waals surface area contributed by atoms with Gasteiger partial charge >= 0.3 is 0 Å². The van der Waals surface area contributed by atoms with E-state index in [1.807, 2.05) is 83.1 Å². The van der Waals surface area contributed by atoms with Crippen LogP contribution in [0, 0.1) is 11.3 Å². The molecule has 2 saturated heterocycles. The van der Waals surface area contributed by atoms with E-state index in [1.165, 1.54) is 26.2 Å². The van der Waals surface area contributed by atoms with E-state index in [2.05, 4.69) is 53.3 Å². The summed E-state index contributed by atoms with van der Waals surface area (Å²) in [5.74, 6) is 3.05. The van der Waals surface area contributed by atoms with Crippen molar-refractivity contribution in [3.05, 3.63) is 88.8 Å². The minimum Gasteiger partial charge on any atom is -0.327 e. The molecule has 2 heteroatoms. The predicted molar refractivity (Wildman–Crippen MR) is 276 cm³/mol. The van der Waals surface area contributed by atoms with Gasteiger partial charge in [-0.25, -0.2) is 0 Å². The summed E-state index contributed by atoms with van der Waals surface area (Å²) >= 11 is 0. The quantitative estimate of drug-likeness (QED) is 0.105. The van der Waals surface area contributed by atoms with Crippen LogP contribution in [0.25, 0.3) is 163 Å². The monoisotopic (exact) mass is 856 g/mol. The van der Waals surface area contributed by atoms with Crippen molar-refractivity contribution in [2.75, 3.05) is 54.4 Å². The molecule has 0 saturated carbocycles. The summed E-state index contributed by atoms with van der Waals surface area (Å²) in [4.78, 5) is 0. The highest BCUT2D eigenvalue weighted by Gasteiger charge is 2.83. The highest BCUT2D eigenvalue weighted by atomic mass is 15.4. The molecule has 14 aromatic rings. The Kier molecular flexibility index (Phi) is 2.89. The molecule has 2 fully saturated rings. The topological polar surface area (TPSA) is 0 Å². The first kappa shape index (κ1) is 29.1. The Labute approximate surface area is 385 Å². The van der Waals surface area contributed by atoms with Gasteiger partial charge in [0.1, 0.15) is 5.41 Å². The molecule has 14 aromatic carbocycles. The molecule has 14 aliphatic rings. The van der Waals surface area contributed by atoms with Crippen LogP contribution in [0.4, 0.5) is 0 Å². The number of nitrogens with zero attached hydrogens (tertiary/aromatic N) is 2. The summed E-state index contributed by atoms with van der Waals surface area (Å²) in [7, 11) is 10.6. The molecular formula is C66H36N2+2. The fourth-order valence-corrected chi connectivity index (χ4v) is 27.0. The predicted octanol–water partition coefficient (Wildman–Crippen LogP) is 11.8. The lowest BCUT2D eigenvalue weighted by Crippen LogP contribution is -2.70. The summed E-state index contributed by atoms with van der Waals surface area (Å²) < 4.78 is 2.27. The molecule has 2 aliphatic heterocycles. The molecule has 8 unspecified atom stereocenters. The Morgan fingerprint density at radius 1 is 0.471 bits per heavy atom. The van der Waals surface area contributed by atoms with Gasteiger partial charge in [-0.05, 0) is 265 Å². The molecule has 2 nitrogen and oxygen atoms in total. The zero-order chi connectivity index (χ0) is 42.2. The maximum Gasteiger partial charge on any atom is 0.102 e. The van der Waals surface area contributed by atoms with E-state index in [0.29, 0.717) is 35.5 Å². The van der Waals surface area contributed by atoms with Crippen LogP contribution in [0.2, 0.25) is 0 Å². The summed E-state index contributed by atoms with van der Waals surface area (Å²) in [6, 6.07) is 3.00. The van der Waals surface area contributed by atoms with Gasteiger partial charge in [-0.1, -0.05) is 19.1 Å². The number of hydrogen-bond donors (Lipinski definition) is 0. The maximum absolute atomic E-state index is 3.00. The first-order chi connectivity index (χ1) is 33.2. The maximum atomic E-state index is 3.00. The van der Waals surface area contributed by atoms with Crippen LogP contribution in [-0.2, 0) is 17.3 Å². The lowest BCUT2D eigenvalue weighted by atomic mass is 9.43. The minimum absolute atomic E-state index is 0.0206. The fourth-order valence-electron chi connectivity index (χ4n) is 27.0. The van der Waals surface area contributed by atoms with Gasteiger partial charge in [0.05, 0.1) is 65.2 Å². The van der Waals surface area contributed by atoms with Gasteiger partial charge in [0.25, 0.3) is 0 Å². The number of allylic oxidation sites excluding steroid dienone is 1. The van der Waals surface area contributed by atoms with E-state index in [0.717, 1.165) is 21.8 Å². The SMILES string of the molecule is CC1C2c3cc4c5c6c7c8c9c%10c6c4c4c3C3=C6c%11c%12c%13c%14c%15c(c9c9c%16c8c(c8c(c%17c%18c%19c(c(c%11c%11c%19c%19c%17c8c%16c(c%149)c%19c%13%11)C62)C1C%181C[N+](C)(C)C1)=CCC=5)C7)C%10C4C31C[N+](C)(C)CC%12%151. The van der Waals surface area contributed by atoms with Crippen LogP contribution >= 0.6 is 0 Å². The number of rotatable bonds is 0. The van der Waals surface area contributed by atoms with E-state index >= 15 is 0 Å². The smallest absolute Gasteiger partial charge is 0.102 e. The van der Waals surface area contributed by atoms with Crippen LogP contribution in [0.5, 0.6) is 0 Å². The van der Waals surface area contributed by atoms with Crippen molar-refractivity contribution in [1.82, 2.24) is 0 Å². The van der Waals surface area contributed by atoms with Gasteiger partial charge in [0.15, 0.2) is 0 Å². The Hall–Kier alpha value is -6.06. The van der Waals surface area contributed by atoms with Crippen LogP contribution < -0.4 is 10.4 Å². The van der Waals surface area contributed by atoms with Crippen molar-refractivity contribution < 1.29 is 8.97 Å². The summed E-state index contributed by atoms with van der Waals surface area (Å²) in [5.41, 5.74) is 28.1. The molecule has 0 amide bonds. The van der Waals surface area contributed by atoms with Crippen molar-refractivity contribution in [3.63, 3.8) is 0 Å². The Morgan fingerprint density at radius 3 is 1.93 bits per heavy atom. The zero-order valence-electron chi connectivity index (χ0n) is 38.3. The first-order valence-corrected chi connectivity index (χ1v) is 26.9. The van der Waals surface area contributed by atoms with Gasteiger partial charge in [0.2, 0.25) is 0 Å². The molecule has 28 rings (SSSR count).